The molecule has 270 valence electrons. The van der Waals surface area contributed by atoms with Gasteiger partial charge in [-0.2, -0.15) is 13.2 Å². The number of aryl methyl sites for hydroxylation is 2. The molecule has 0 aliphatic carbocycles. The molecule has 0 spiro atoms. The zero-order valence-electron chi connectivity index (χ0n) is 28.3. The lowest BCUT2D eigenvalue weighted by molar-refractivity contribution is -0.138. The van der Waals surface area contributed by atoms with Gasteiger partial charge in [0.05, 0.1) is 18.0 Å². The number of alkyl halides is 3. The number of carbonyl (C=O) groups is 3. The third-order valence-electron chi connectivity index (χ3n) is 9.15. The summed E-state index contributed by atoms with van der Waals surface area (Å²) in [5.74, 6) is -4.07. The monoisotopic (exact) mass is 711 g/mol. The van der Waals surface area contributed by atoms with E-state index in [2.05, 4.69) is 10.2 Å². The first-order chi connectivity index (χ1) is 24.2. The Morgan fingerprint density at radius 2 is 1.82 bits per heavy atom. The van der Waals surface area contributed by atoms with Crippen LogP contribution in [0.15, 0.2) is 72.0 Å². The first-order valence-corrected chi connectivity index (χ1v) is 16.5. The van der Waals surface area contributed by atoms with Gasteiger partial charge in [-0.1, -0.05) is 18.2 Å². The summed E-state index contributed by atoms with van der Waals surface area (Å²) in [4.78, 5) is 41.9. The maximum absolute atomic E-state index is 15.9. The van der Waals surface area contributed by atoms with Gasteiger partial charge in [-0.25, -0.2) is 8.78 Å². The Kier molecular flexibility index (Phi) is 11.3. The number of hydrogen-bond donors (Lipinski definition) is 2. The number of nitrogens with zero attached hydrogens (tertiary/aromatic N) is 2. The number of nitrogens with one attached hydrogen (secondary N) is 1. The summed E-state index contributed by atoms with van der Waals surface area (Å²) in [6.07, 6.45) is -2.65. The van der Waals surface area contributed by atoms with Crippen molar-refractivity contribution in [1.29, 1.82) is 0 Å². The molecule has 3 aromatic rings. The zero-order valence-corrected chi connectivity index (χ0v) is 28.3. The fraction of sp³-hybridized carbons (Fsp3) is 0.342. The molecule has 0 radical (unpaired) electrons. The number of carboxylic acids is 1. The van der Waals surface area contributed by atoms with Crippen LogP contribution in [0, 0.1) is 25.5 Å². The lowest BCUT2D eigenvalue weighted by Crippen LogP contribution is -2.41. The van der Waals surface area contributed by atoms with Gasteiger partial charge < -0.3 is 25.0 Å². The molecule has 4 bridgehead atoms. The summed E-state index contributed by atoms with van der Waals surface area (Å²) in [6, 6.07) is 8.00. The number of amides is 2. The molecule has 13 heteroatoms. The Balaban J connectivity index is 1.72. The van der Waals surface area contributed by atoms with Crippen molar-refractivity contribution in [1.82, 2.24) is 15.1 Å². The maximum Gasteiger partial charge on any atom is 0.416 e. The zero-order chi connectivity index (χ0) is 37.0. The van der Waals surface area contributed by atoms with Gasteiger partial charge in [-0.3, -0.25) is 14.4 Å². The summed E-state index contributed by atoms with van der Waals surface area (Å²) >= 11 is 0. The smallest absolute Gasteiger partial charge is 0.416 e. The normalized spacial score (nSPS) is 18.2. The quantitative estimate of drug-likeness (QED) is 0.125. The summed E-state index contributed by atoms with van der Waals surface area (Å²) in [5, 5.41) is 12.3. The lowest BCUT2D eigenvalue weighted by atomic mass is 9.92. The maximum atomic E-state index is 15.9. The average molecular weight is 712 g/mol. The summed E-state index contributed by atoms with van der Waals surface area (Å²) in [6.45, 7) is 6.61. The summed E-state index contributed by atoms with van der Waals surface area (Å²) in [7, 11) is 0. The fourth-order valence-corrected chi connectivity index (χ4v) is 6.56. The first kappa shape index (κ1) is 37.2. The molecule has 2 atom stereocenters. The number of aliphatic carboxylic acids is 1. The number of halogens is 5. The van der Waals surface area contributed by atoms with E-state index in [4.69, 9.17) is 4.74 Å². The molecule has 8 nitrogen and oxygen atoms in total. The molecule has 2 heterocycles. The van der Waals surface area contributed by atoms with Crippen molar-refractivity contribution >= 4 is 18.3 Å². The highest BCUT2D eigenvalue weighted by Crippen LogP contribution is 2.41. The van der Waals surface area contributed by atoms with Crippen molar-refractivity contribution in [2.75, 3.05) is 19.6 Å². The Hall–Kier alpha value is -5.04. The van der Waals surface area contributed by atoms with E-state index in [1.165, 1.54) is 26.0 Å². The minimum atomic E-state index is -4.82. The van der Waals surface area contributed by atoms with Gasteiger partial charge in [0.2, 0.25) is 12.3 Å². The second-order valence-electron chi connectivity index (χ2n) is 12.7. The standard InChI is InChI=1S/C38H38F5N3O5/c1-4-29(38(41,42)43)24(9-6-13-45-14-7-15-45)20-46(21-47)36-27-18-26(11-12-30(27)39)51-32-10-5-8-22(2)34(32)25-16-23(3)35(40)28(17-25)31(19-33(48)49)44-37(36)50/h4-5,8,10-12,16-18,20-21,31,36H,6-7,9,13-15,19H2,1-3H3,(H,44,50)(H,48,49)/b24-20-,29-4+/t31-,36?/m0/s1. The van der Waals surface area contributed by atoms with E-state index >= 15 is 8.78 Å². The van der Waals surface area contributed by atoms with Crippen LogP contribution in [-0.4, -0.2) is 59.0 Å². The topological polar surface area (TPSA) is 99.2 Å². The first-order valence-electron chi connectivity index (χ1n) is 16.5. The van der Waals surface area contributed by atoms with Gasteiger partial charge in [-0.05, 0) is 118 Å². The van der Waals surface area contributed by atoms with Gasteiger partial charge in [-0.15, -0.1) is 0 Å². The number of carboxylic acid groups (broad SMARTS) is 1. The number of ether oxygens (including phenoxy) is 1. The van der Waals surface area contributed by atoms with Gasteiger partial charge in [0, 0.05) is 22.9 Å². The SMILES string of the molecule is C/C=C(\C(=C/N(C=O)C1C(=O)N[C@@H](CC(=O)O)c2cc(cc(C)c2F)-c2c(C)cccc2Oc2ccc(F)c1c2)CCCN1CCC1)C(F)(F)F. The van der Waals surface area contributed by atoms with E-state index < -0.39 is 59.3 Å². The number of likely N-dealkylation sites (tertiary alicyclic amines) is 1. The molecule has 2 amide bonds. The number of benzene rings is 3. The number of allylic oxidation sites excluding steroid dienone is 3. The second-order valence-corrected chi connectivity index (χ2v) is 12.7. The Morgan fingerprint density at radius 3 is 2.45 bits per heavy atom. The van der Waals surface area contributed by atoms with Crippen molar-refractivity contribution in [2.24, 2.45) is 0 Å². The molecule has 1 saturated heterocycles. The third-order valence-corrected chi connectivity index (χ3v) is 9.15. The summed E-state index contributed by atoms with van der Waals surface area (Å²) < 4.78 is 80.9. The van der Waals surface area contributed by atoms with Crippen LogP contribution in [0.5, 0.6) is 11.5 Å². The van der Waals surface area contributed by atoms with Gasteiger partial charge in [0.1, 0.15) is 29.2 Å². The molecule has 1 fully saturated rings. The second kappa shape index (κ2) is 15.5. The highest BCUT2D eigenvalue weighted by molar-refractivity contribution is 5.87. The van der Waals surface area contributed by atoms with Gasteiger partial charge in [0.25, 0.3) is 0 Å². The number of carbonyl (C=O) groups excluding carboxylic acids is 2. The van der Waals surface area contributed by atoms with Crippen LogP contribution in [0.3, 0.4) is 0 Å². The van der Waals surface area contributed by atoms with Crippen molar-refractivity contribution < 1.29 is 46.2 Å². The highest BCUT2D eigenvalue weighted by atomic mass is 19.4. The van der Waals surface area contributed by atoms with Crippen LogP contribution >= 0.6 is 0 Å². The van der Waals surface area contributed by atoms with Crippen molar-refractivity contribution in [3.05, 3.63) is 106 Å². The predicted octanol–water partition coefficient (Wildman–Crippen LogP) is 8.06. The molecule has 0 saturated carbocycles. The van der Waals surface area contributed by atoms with E-state index in [0.29, 0.717) is 34.6 Å². The Labute approximate surface area is 292 Å². The third kappa shape index (κ3) is 8.30. The molecule has 51 heavy (non-hydrogen) atoms. The molecule has 1 unspecified atom stereocenters. The average Bonchev–Trinajstić information content (AvgIpc) is 3.03. The minimum absolute atomic E-state index is 0.0328. The van der Waals surface area contributed by atoms with Crippen molar-refractivity contribution in [2.45, 2.75) is 64.7 Å². The van der Waals surface area contributed by atoms with Crippen LogP contribution in [0.4, 0.5) is 22.0 Å². The van der Waals surface area contributed by atoms with E-state index in [-0.39, 0.29) is 41.0 Å². The summed E-state index contributed by atoms with van der Waals surface area (Å²) in [5.41, 5.74) is -0.192. The van der Waals surface area contributed by atoms with Crippen LogP contribution in [0.1, 0.15) is 66.9 Å². The van der Waals surface area contributed by atoms with Gasteiger partial charge in [0.15, 0.2) is 0 Å². The van der Waals surface area contributed by atoms with Crippen LogP contribution < -0.4 is 10.1 Å². The van der Waals surface area contributed by atoms with Gasteiger partial charge >= 0.3 is 12.1 Å². The molecular formula is C38H38F5N3O5. The minimum Gasteiger partial charge on any atom is -0.481 e. The van der Waals surface area contributed by atoms with Crippen LogP contribution in [0.25, 0.3) is 11.1 Å². The molecule has 2 aliphatic heterocycles. The molecule has 2 N–H and O–H groups in total. The largest absolute Gasteiger partial charge is 0.481 e. The van der Waals surface area contributed by atoms with E-state index in [1.54, 1.807) is 31.2 Å². The van der Waals surface area contributed by atoms with Crippen molar-refractivity contribution in [3.8, 4) is 22.6 Å². The Morgan fingerprint density at radius 1 is 1.08 bits per heavy atom. The lowest BCUT2D eigenvalue weighted by Gasteiger charge is -2.31. The molecule has 3 aromatic carbocycles. The van der Waals surface area contributed by atoms with E-state index in [0.717, 1.165) is 43.9 Å². The highest BCUT2D eigenvalue weighted by Gasteiger charge is 2.38. The van der Waals surface area contributed by atoms with Crippen LogP contribution in [0.2, 0.25) is 0 Å². The number of rotatable bonds is 10. The Bertz CT molecular complexity index is 1890. The molecule has 5 rings (SSSR count). The predicted molar refractivity (Wildman–Crippen MR) is 180 cm³/mol. The molecule has 0 aromatic heterocycles. The fourth-order valence-electron chi connectivity index (χ4n) is 6.56. The van der Waals surface area contributed by atoms with E-state index in [9.17, 15) is 32.7 Å². The van der Waals surface area contributed by atoms with Crippen molar-refractivity contribution in [3.63, 3.8) is 0 Å². The molecular weight excluding hydrogens is 673 g/mol. The van der Waals surface area contributed by atoms with E-state index in [1.807, 2.05) is 0 Å². The number of fused-ring (bicyclic) bond motifs is 6. The van der Waals surface area contributed by atoms with Crippen LogP contribution in [-0.2, 0) is 14.4 Å². The molecule has 2 aliphatic rings. The number of hydrogen-bond acceptors (Lipinski definition) is 5.